The van der Waals surface area contributed by atoms with Gasteiger partial charge < -0.3 is 9.84 Å². The standard InChI is InChI=1S/C8H14N2O5S/c1-4-15-7(12)5-10(6(2)11)16-9(3)8(13)14/h4-5H2,1-3H3,(H,13,14). The molecule has 0 spiro atoms. The van der Waals surface area contributed by atoms with Crippen LogP contribution in [0.3, 0.4) is 0 Å². The van der Waals surface area contributed by atoms with E-state index in [4.69, 9.17) is 5.11 Å². The summed E-state index contributed by atoms with van der Waals surface area (Å²) in [6.45, 7) is 2.81. The molecule has 0 rings (SSSR count). The van der Waals surface area contributed by atoms with Crippen molar-refractivity contribution in [2.24, 2.45) is 0 Å². The van der Waals surface area contributed by atoms with Crippen LogP contribution in [0.25, 0.3) is 0 Å². The van der Waals surface area contributed by atoms with Crippen molar-refractivity contribution in [3.63, 3.8) is 0 Å². The molecule has 0 aromatic rings. The third-order valence-electron chi connectivity index (χ3n) is 1.42. The molecule has 0 saturated heterocycles. The SMILES string of the molecule is CCOC(=O)CN(SN(C)C(=O)O)C(C)=O. The normalized spacial score (nSPS) is 9.44. The summed E-state index contributed by atoms with van der Waals surface area (Å²) in [6.07, 6.45) is -1.21. The Kier molecular flexibility index (Phi) is 6.31. The molecule has 92 valence electrons. The Balaban J connectivity index is 4.34. The summed E-state index contributed by atoms with van der Waals surface area (Å²) in [5.41, 5.74) is 0. The molecule has 0 heterocycles. The van der Waals surface area contributed by atoms with Gasteiger partial charge in [0.1, 0.15) is 6.54 Å². The molecule has 0 saturated carbocycles. The van der Waals surface area contributed by atoms with Crippen molar-refractivity contribution in [2.45, 2.75) is 13.8 Å². The van der Waals surface area contributed by atoms with Gasteiger partial charge in [-0.25, -0.2) is 9.10 Å². The fourth-order valence-electron chi connectivity index (χ4n) is 0.704. The number of nitrogens with zero attached hydrogens (tertiary/aromatic N) is 2. The van der Waals surface area contributed by atoms with E-state index < -0.39 is 18.0 Å². The topological polar surface area (TPSA) is 87.2 Å². The fourth-order valence-corrected chi connectivity index (χ4v) is 1.35. The molecule has 16 heavy (non-hydrogen) atoms. The maximum Gasteiger partial charge on any atom is 0.418 e. The zero-order valence-electron chi connectivity index (χ0n) is 9.30. The number of esters is 1. The minimum atomic E-state index is -1.21. The van der Waals surface area contributed by atoms with Gasteiger partial charge >= 0.3 is 12.1 Å². The highest BCUT2D eigenvalue weighted by Gasteiger charge is 2.19. The van der Waals surface area contributed by atoms with Crippen molar-refractivity contribution in [2.75, 3.05) is 20.2 Å². The maximum atomic E-state index is 11.1. The van der Waals surface area contributed by atoms with E-state index in [9.17, 15) is 14.4 Å². The first kappa shape index (κ1) is 14.6. The second-order valence-corrected chi connectivity index (χ2v) is 3.87. The van der Waals surface area contributed by atoms with Gasteiger partial charge in [-0.15, -0.1) is 0 Å². The zero-order valence-corrected chi connectivity index (χ0v) is 10.1. The summed E-state index contributed by atoms with van der Waals surface area (Å²) in [5.74, 6) is -1.00. The molecule has 0 aromatic heterocycles. The number of amides is 2. The van der Waals surface area contributed by atoms with Gasteiger partial charge in [-0.3, -0.25) is 13.9 Å². The van der Waals surface area contributed by atoms with Gasteiger partial charge in [-0.05, 0) is 6.92 Å². The van der Waals surface area contributed by atoms with Crippen LogP contribution in [0.5, 0.6) is 0 Å². The van der Waals surface area contributed by atoms with Crippen LogP contribution in [0, 0.1) is 0 Å². The Labute approximate surface area is 97.6 Å². The molecule has 7 nitrogen and oxygen atoms in total. The van der Waals surface area contributed by atoms with Crippen LogP contribution < -0.4 is 0 Å². The second-order valence-electron chi connectivity index (χ2n) is 2.72. The molecule has 0 aliphatic carbocycles. The number of hydrogen-bond acceptors (Lipinski definition) is 5. The molecular weight excluding hydrogens is 236 g/mol. The highest BCUT2D eigenvalue weighted by Crippen LogP contribution is 2.14. The Bertz CT molecular complexity index is 284. The molecule has 1 N–H and O–H groups in total. The molecule has 0 aliphatic rings. The lowest BCUT2D eigenvalue weighted by Crippen LogP contribution is -2.34. The minimum absolute atomic E-state index is 0.212. The van der Waals surface area contributed by atoms with Crippen LogP contribution >= 0.6 is 12.1 Å². The number of rotatable bonds is 5. The Morgan fingerprint density at radius 3 is 2.31 bits per heavy atom. The Hall–Kier alpha value is -1.44. The summed E-state index contributed by atoms with van der Waals surface area (Å²) in [5, 5.41) is 8.60. The van der Waals surface area contributed by atoms with Gasteiger partial charge in [0.15, 0.2) is 0 Å². The van der Waals surface area contributed by atoms with Crippen LogP contribution in [0.4, 0.5) is 4.79 Å². The molecule has 2 amide bonds. The largest absolute Gasteiger partial charge is 0.465 e. The van der Waals surface area contributed by atoms with E-state index in [-0.39, 0.29) is 13.2 Å². The summed E-state index contributed by atoms with van der Waals surface area (Å²) in [6, 6.07) is 0. The van der Waals surface area contributed by atoms with Gasteiger partial charge in [0.2, 0.25) is 5.91 Å². The summed E-state index contributed by atoms with van der Waals surface area (Å²) < 4.78 is 6.48. The van der Waals surface area contributed by atoms with E-state index in [0.29, 0.717) is 12.1 Å². The molecule has 0 fully saturated rings. The van der Waals surface area contributed by atoms with Gasteiger partial charge in [0.25, 0.3) is 0 Å². The van der Waals surface area contributed by atoms with E-state index in [1.807, 2.05) is 0 Å². The second kappa shape index (κ2) is 6.94. The van der Waals surface area contributed by atoms with Gasteiger partial charge in [-0.1, -0.05) is 0 Å². The first-order valence-corrected chi connectivity index (χ1v) is 5.20. The smallest absolute Gasteiger partial charge is 0.418 e. The third-order valence-corrected chi connectivity index (χ3v) is 2.40. The lowest BCUT2D eigenvalue weighted by molar-refractivity contribution is -0.145. The highest BCUT2D eigenvalue weighted by molar-refractivity contribution is 7.95. The van der Waals surface area contributed by atoms with Gasteiger partial charge in [0.05, 0.1) is 18.7 Å². The minimum Gasteiger partial charge on any atom is -0.465 e. The van der Waals surface area contributed by atoms with E-state index in [0.717, 1.165) is 8.61 Å². The van der Waals surface area contributed by atoms with Crippen molar-refractivity contribution < 1.29 is 24.2 Å². The molecule has 0 unspecified atom stereocenters. The Morgan fingerprint density at radius 2 is 1.94 bits per heavy atom. The predicted octanol–water partition coefficient (Wildman–Crippen LogP) is 0.571. The van der Waals surface area contributed by atoms with E-state index in [1.165, 1.54) is 14.0 Å². The first-order chi connectivity index (χ1) is 7.38. The monoisotopic (exact) mass is 250 g/mol. The molecule has 0 bridgehead atoms. The van der Waals surface area contributed by atoms with Crippen molar-refractivity contribution in [3.8, 4) is 0 Å². The molecule has 0 aromatic carbocycles. The van der Waals surface area contributed by atoms with E-state index in [1.54, 1.807) is 6.92 Å². The first-order valence-electron chi connectivity index (χ1n) is 4.47. The number of hydrogen-bond donors (Lipinski definition) is 1. The number of carbonyl (C=O) groups excluding carboxylic acids is 2. The van der Waals surface area contributed by atoms with Gasteiger partial charge in [-0.2, -0.15) is 0 Å². The average Bonchev–Trinajstić information content (AvgIpc) is 2.16. The molecule has 0 aliphatic heterocycles. The van der Waals surface area contributed by atoms with Gasteiger partial charge in [0, 0.05) is 14.0 Å². The van der Waals surface area contributed by atoms with Crippen LogP contribution in [0.2, 0.25) is 0 Å². The highest BCUT2D eigenvalue weighted by atomic mass is 32.2. The molecule has 0 radical (unpaired) electrons. The van der Waals surface area contributed by atoms with Crippen LogP contribution in [0.15, 0.2) is 0 Å². The predicted molar refractivity (Wildman–Crippen MR) is 57.4 cm³/mol. The van der Waals surface area contributed by atoms with E-state index >= 15 is 0 Å². The average molecular weight is 250 g/mol. The van der Waals surface area contributed by atoms with Crippen LogP contribution in [0.1, 0.15) is 13.8 Å². The number of ether oxygens (including phenoxy) is 1. The zero-order chi connectivity index (χ0) is 12.7. The summed E-state index contributed by atoms with van der Waals surface area (Å²) >= 11 is 0.632. The third kappa shape index (κ3) is 5.44. The molecule has 8 heteroatoms. The quantitative estimate of drug-likeness (QED) is 0.567. The van der Waals surface area contributed by atoms with E-state index in [2.05, 4.69) is 4.74 Å². The fraction of sp³-hybridized carbons (Fsp3) is 0.625. The van der Waals surface area contributed by atoms with Crippen molar-refractivity contribution in [1.82, 2.24) is 8.61 Å². The maximum absolute atomic E-state index is 11.1. The van der Waals surface area contributed by atoms with Crippen molar-refractivity contribution in [3.05, 3.63) is 0 Å². The lowest BCUT2D eigenvalue weighted by atomic mass is 10.6. The van der Waals surface area contributed by atoms with Crippen LogP contribution in [-0.4, -0.2) is 51.9 Å². The Morgan fingerprint density at radius 1 is 1.38 bits per heavy atom. The number of carboxylic acid groups (broad SMARTS) is 1. The number of carbonyl (C=O) groups is 3. The van der Waals surface area contributed by atoms with Crippen molar-refractivity contribution >= 4 is 30.1 Å². The lowest BCUT2D eigenvalue weighted by Gasteiger charge is -2.21. The summed E-state index contributed by atoms with van der Waals surface area (Å²) in [4.78, 5) is 32.8. The molecular formula is C8H14N2O5S. The van der Waals surface area contributed by atoms with Crippen LogP contribution in [-0.2, 0) is 14.3 Å². The molecule has 0 atom stereocenters. The summed E-state index contributed by atoms with van der Waals surface area (Å²) in [7, 11) is 1.27. The van der Waals surface area contributed by atoms with Crippen molar-refractivity contribution in [1.29, 1.82) is 0 Å².